The summed E-state index contributed by atoms with van der Waals surface area (Å²) in [5.74, 6) is 0.813. The molecule has 4 aliphatic rings. The first kappa shape index (κ1) is 14.8. The van der Waals surface area contributed by atoms with Gasteiger partial charge in [0.2, 0.25) is 6.41 Å². The molecule has 1 saturated heterocycles. The van der Waals surface area contributed by atoms with E-state index in [1.165, 1.54) is 0 Å². The maximum absolute atomic E-state index is 11.4. The van der Waals surface area contributed by atoms with Gasteiger partial charge in [-0.05, 0) is 24.5 Å². The molecule has 5 atom stereocenters. The van der Waals surface area contributed by atoms with Crippen molar-refractivity contribution < 1.29 is 19.7 Å². The molecule has 6 heteroatoms. The van der Waals surface area contributed by atoms with E-state index in [2.05, 4.69) is 0 Å². The minimum absolute atomic E-state index is 0. The van der Waals surface area contributed by atoms with Gasteiger partial charge in [0.1, 0.15) is 12.2 Å². The first-order chi connectivity index (χ1) is 10.7. The molecular weight excluding hydrogens is 318 g/mol. The van der Waals surface area contributed by atoms with E-state index in [9.17, 15) is 15.0 Å². The summed E-state index contributed by atoms with van der Waals surface area (Å²) in [6.07, 6.45) is 5.23. The number of amides is 1. The SMILES string of the molecule is Cl.O=CN1CC[C@]23c4c5ccc(O)c4O[C@H]2[C@@H](O)C=C[C@H]3[C@H]1C5. The van der Waals surface area contributed by atoms with Crippen LogP contribution in [-0.4, -0.2) is 46.3 Å². The summed E-state index contributed by atoms with van der Waals surface area (Å²) >= 11 is 0. The number of piperidine rings is 1. The van der Waals surface area contributed by atoms with Gasteiger partial charge in [-0.2, -0.15) is 0 Å². The van der Waals surface area contributed by atoms with Crippen LogP contribution in [0.3, 0.4) is 0 Å². The van der Waals surface area contributed by atoms with Gasteiger partial charge < -0.3 is 19.8 Å². The summed E-state index contributed by atoms with van der Waals surface area (Å²) in [6, 6.07) is 3.69. The van der Waals surface area contributed by atoms with Gasteiger partial charge >= 0.3 is 0 Å². The Bertz CT molecular complexity index is 721. The summed E-state index contributed by atoms with van der Waals surface area (Å²) < 4.78 is 6.03. The van der Waals surface area contributed by atoms with E-state index >= 15 is 0 Å². The number of ether oxygens (including phenoxy) is 1. The van der Waals surface area contributed by atoms with Crippen LogP contribution in [0.15, 0.2) is 24.3 Å². The van der Waals surface area contributed by atoms with Crippen molar-refractivity contribution in [2.75, 3.05) is 6.54 Å². The highest BCUT2D eigenvalue weighted by Crippen LogP contribution is 2.62. The standard InChI is InChI=1S/C17H17NO4.ClH/c19-8-18-6-5-17-10-2-4-13(21)16(17)22-15-12(20)3-1-9(14(15)17)7-11(10)18;/h1-4,8,10-11,13,16,20-21H,5-7H2;1H/t10-,11+,13-,16-,17-;/m0./s1. The van der Waals surface area contributed by atoms with E-state index in [1.54, 1.807) is 12.1 Å². The number of likely N-dealkylation sites (tertiary alicyclic amines) is 1. The van der Waals surface area contributed by atoms with Gasteiger partial charge in [0, 0.05) is 29.5 Å². The largest absolute Gasteiger partial charge is 0.504 e. The quantitative estimate of drug-likeness (QED) is 0.596. The number of nitrogens with zero attached hydrogens (tertiary/aromatic N) is 1. The first-order valence-electron chi connectivity index (χ1n) is 7.76. The Kier molecular flexibility index (Phi) is 3.00. The average Bonchev–Trinajstić information content (AvgIpc) is 2.87. The Hall–Kier alpha value is -1.72. The smallest absolute Gasteiger partial charge is 0.209 e. The molecule has 5 rings (SSSR count). The van der Waals surface area contributed by atoms with Crippen molar-refractivity contribution in [2.45, 2.75) is 36.5 Å². The predicted octanol–water partition coefficient (Wildman–Crippen LogP) is 1.15. The van der Waals surface area contributed by atoms with Crippen LogP contribution in [-0.2, 0) is 16.6 Å². The molecule has 1 aromatic carbocycles. The topological polar surface area (TPSA) is 70.0 Å². The molecule has 122 valence electrons. The average molecular weight is 336 g/mol. The molecule has 2 heterocycles. The Morgan fingerprint density at radius 2 is 2.17 bits per heavy atom. The summed E-state index contributed by atoms with van der Waals surface area (Å²) in [6.45, 7) is 0.666. The van der Waals surface area contributed by atoms with Gasteiger partial charge in [-0.25, -0.2) is 0 Å². The number of phenolic OH excluding ortho intramolecular Hbond substituents is 1. The normalized spacial score (nSPS) is 38.4. The first-order valence-corrected chi connectivity index (χ1v) is 7.76. The summed E-state index contributed by atoms with van der Waals surface area (Å²) in [7, 11) is 0. The maximum atomic E-state index is 11.4. The van der Waals surface area contributed by atoms with Crippen molar-refractivity contribution in [3.63, 3.8) is 0 Å². The highest BCUT2D eigenvalue weighted by molar-refractivity contribution is 5.85. The van der Waals surface area contributed by atoms with Crippen LogP contribution in [0.4, 0.5) is 0 Å². The van der Waals surface area contributed by atoms with Crippen LogP contribution in [0.5, 0.6) is 11.5 Å². The third-order valence-electron chi connectivity index (χ3n) is 6.05. The second-order valence-electron chi connectivity index (χ2n) is 6.79. The number of rotatable bonds is 1. The Morgan fingerprint density at radius 3 is 2.96 bits per heavy atom. The second-order valence-corrected chi connectivity index (χ2v) is 6.79. The number of carbonyl (C=O) groups excluding carboxylic acids is 1. The van der Waals surface area contributed by atoms with Crippen LogP contribution in [0.1, 0.15) is 17.5 Å². The minimum atomic E-state index is -0.683. The molecule has 2 aliphatic carbocycles. The number of aliphatic hydroxyl groups is 1. The van der Waals surface area contributed by atoms with Gasteiger partial charge in [-0.1, -0.05) is 18.2 Å². The lowest BCUT2D eigenvalue weighted by molar-refractivity contribution is -0.127. The molecule has 2 N–H and O–H groups in total. The zero-order chi connectivity index (χ0) is 15.1. The second kappa shape index (κ2) is 4.65. The van der Waals surface area contributed by atoms with Crippen molar-refractivity contribution >= 4 is 18.8 Å². The van der Waals surface area contributed by atoms with Crippen molar-refractivity contribution in [2.24, 2.45) is 5.92 Å². The molecule has 1 spiro atoms. The molecule has 0 radical (unpaired) electrons. The number of phenols is 1. The van der Waals surface area contributed by atoms with Crippen LogP contribution in [0.25, 0.3) is 0 Å². The lowest BCUT2D eigenvalue weighted by Gasteiger charge is -2.56. The number of aliphatic hydroxyl groups excluding tert-OH is 1. The Labute approximate surface area is 140 Å². The molecule has 0 unspecified atom stereocenters. The van der Waals surface area contributed by atoms with Crippen molar-refractivity contribution in [3.8, 4) is 11.5 Å². The third-order valence-corrected chi connectivity index (χ3v) is 6.05. The summed E-state index contributed by atoms with van der Waals surface area (Å²) in [4.78, 5) is 13.3. The molecule has 5 nitrogen and oxygen atoms in total. The van der Waals surface area contributed by atoms with E-state index in [1.807, 2.05) is 17.0 Å². The van der Waals surface area contributed by atoms with Crippen molar-refractivity contribution in [1.29, 1.82) is 0 Å². The van der Waals surface area contributed by atoms with Gasteiger partial charge in [0.25, 0.3) is 0 Å². The van der Waals surface area contributed by atoms with E-state index in [0.29, 0.717) is 12.3 Å². The van der Waals surface area contributed by atoms with Crippen LogP contribution in [0.2, 0.25) is 0 Å². The van der Waals surface area contributed by atoms with Crippen molar-refractivity contribution in [1.82, 2.24) is 4.90 Å². The minimum Gasteiger partial charge on any atom is -0.504 e. The molecule has 0 saturated carbocycles. The zero-order valence-electron chi connectivity index (χ0n) is 12.4. The number of benzene rings is 1. The highest BCUT2D eigenvalue weighted by atomic mass is 35.5. The van der Waals surface area contributed by atoms with E-state index in [0.717, 1.165) is 30.4 Å². The highest BCUT2D eigenvalue weighted by Gasteiger charge is 2.64. The molecule has 0 aromatic heterocycles. The summed E-state index contributed by atoms with van der Waals surface area (Å²) in [5.41, 5.74) is 1.87. The molecular formula is C17H18ClNO4. The van der Waals surface area contributed by atoms with E-state index in [4.69, 9.17) is 4.74 Å². The molecule has 23 heavy (non-hydrogen) atoms. The Morgan fingerprint density at radius 1 is 1.35 bits per heavy atom. The van der Waals surface area contributed by atoms with Gasteiger partial charge in [0.15, 0.2) is 11.5 Å². The number of aromatic hydroxyl groups is 1. The van der Waals surface area contributed by atoms with Crippen LogP contribution in [0, 0.1) is 5.92 Å². The van der Waals surface area contributed by atoms with Gasteiger partial charge in [0.05, 0.1) is 0 Å². The number of hydrogen-bond donors (Lipinski definition) is 2. The number of halogens is 1. The van der Waals surface area contributed by atoms with Crippen molar-refractivity contribution in [3.05, 3.63) is 35.4 Å². The lowest BCUT2D eigenvalue weighted by atomic mass is 9.53. The van der Waals surface area contributed by atoms with E-state index in [-0.39, 0.29) is 41.6 Å². The third kappa shape index (κ3) is 1.54. The zero-order valence-corrected chi connectivity index (χ0v) is 13.2. The number of hydrogen-bond acceptors (Lipinski definition) is 4. The molecule has 1 fully saturated rings. The van der Waals surface area contributed by atoms with Crippen LogP contribution < -0.4 is 4.74 Å². The molecule has 2 aliphatic heterocycles. The fraction of sp³-hybridized carbons (Fsp3) is 0.471. The monoisotopic (exact) mass is 335 g/mol. The fourth-order valence-corrected chi connectivity index (χ4v) is 5.22. The van der Waals surface area contributed by atoms with E-state index < -0.39 is 6.10 Å². The molecule has 1 amide bonds. The van der Waals surface area contributed by atoms with Gasteiger partial charge in [-0.3, -0.25) is 4.79 Å². The fourth-order valence-electron chi connectivity index (χ4n) is 5.22. The lowest BCUT2D eigenvalue weighted by Crippen LogP contribution is -2.65. The molecule has 2 bridgehead atoms. The maximum Gasteiger partial charge on any atom is 0.209 e. The predicted molar refractivity (Wildman–Crippen MR) is 85.0 cm³/mol. The summed E-state index contributed by atoms with van der Waals surface area (Å²) in [5, 5.41) is 20.6. The van der Waals surface area contributed by atoms with Gasteiger partial charge in [-0.15, -0.1) is 12.4 Å². The molecule has 1 aromatic rings. The van der Waals surface area contributed by atoms with Crippen LogP contribution >= 0.6 is 12.4 Å². The number of carbonyl (C=O) groups is 1. The Balaban J connectivity index is 0.00000135.